The van der Waals surface area contributed by atoms with Crippen LogP contribution in [0.5, 0.6) is 0 Å². The number of benzene rings is 1. The van der Waals surface area contributed by atoms with Gasteiger partial charge in [-0.15, -0.1) is 0 Å². The van der Waals surface area contributed by atoms with E-state index in [9.17, 15) is 9.59 Å². The van der Waals surface area contributed by atoms with Crippen molar-refractivity contribution in [2.24, 2.45) is 5.92 Å². The predicted molar refractivity (Wildman–Crippen MR) is 103 cm³/mol. The fourth-order valence-electron chi connectivity index (χ4n) is 2.82. The molecule has 1 saturated carbocycles. The molecule has 2 N–H and O–H groups in total. The van der Waals surface area contributed by atoms with Gasteiger partial charge in [0.25, 0.3) is 5.91 Å². The first-order chi connectivity index (χ1) is 13.6. The average molecular weight is 376 g/mol. The SMILES string of the molecule is CC(NC(=O)c1ccnc(-n2cncn2)c1)c1ccc(NC(=O)C2CC2)cc1. The molecule has 142 valence electrons. The molecule has 2 aromatic heterocycles. The van der Waals surface area contributed by atoms with Gasteiger partial charge in [0.2, 0.25) is 5.91 Å². The Kier molecular flexibility index (Phi) is 4.84. The van der Waals surface area contributed by atoms with Crippen molar-refractivity contribution in [1.82, 2.24) is 25.1 Å². The third kappa shape index (κ3) is 4.06. The highest BCUT2D eigenvalue weighted by molar-refractivity contribution is 5.95. The minimum absolute atomic E-state index is 0.0787. The van der Waals surface area contributed by atoms with Gasteiger partial charge in [0.15, 0.2) is 5.82 Å². The summed E-state index contributed by atoms with van der Waals surface area (Å²) in [5, 5.41) is 9.90. The molecule has 1 aliphatic carbocycles. The number of carbonyl (C=O) groups excluding carboxylic acids is 2. The van der Waals surface area contributed by atoms with Crippen LogP contribution in [-0.4, -0.2) is 31.6 Å². The number of carbonyl (C=O) groups is 2. The Morgan fingerprint density at radius 3 is 2.64 bits per heavy atom. The monoisotopic (exact) mass is 376 g/mol. The van der Waals surface area contributed by atoms with Crippen molar-refractivity contribution in [3.63, 3.8) is 0 Å². The normalized spacial score (nSPS) is 14.3. The van der Waals surface area contributed by atoms with Crippen LogP contribution >= 0.6 is 0 Å². The topological polar surface area (TPSA) is 102 Å². The second-order valence-corrected chi connectivity index (χ2v) is 6.82. The zero-order chi connectivity index (χ0) is 19.5. The molecule has 2 amide bonds. The van der Waals surface area contributed by atoms with E-state index in [1.807, 2.05) is 31.2 Å². The van der Waals surface area contributed by atoms with Gasteiger partial charge in [-0.05, 0) is 49.6 Å². The van der Waals surface area contributed by atoms with Crippen molar-refractivity contribution in [1.29, 1.82) is 0 Å². The van der Waals surface area contributed by atoms with Gasteiger partial charge in [-0.25, -0.2) is 14.6 Å². The summed E-state index contributed by atoms with van der Waals surface area (Å²) in [6.45, 7) is 1.91. The van der Waals surface area contributed by atoms with Crippen molar-refractivity contribution in [3.05, 3.63) is 66.4 Å². The van der Waals surface area contributed by atoms with E-state index in [2.05, 4.69) is 25.7 Å². The molecule has 28 heavy (non-hydrogen) atoms. The second kappa shape index (κ2) is 7.59. The van der Waals surface area contributed by atoms with E-state index < -0.39 is 0 Å². The third-order valence-electron chi connectivity index (χ3n) is 4.64. The Morgan fingerprint density at radius 1 is 1.18 bits per heavy atom. The van der Waals surface area contributed by atoms with Crippen LogP contribution in [0.15, 0.2) is 55.2 Å². The zero-order valence-electron chi connectivity index (χ0n) is 15.4. The maximum atomic E-state index is 12.6. The van der Waals surface area contributed by atoms with Crippen LogP contribution in [0.2, 0.25) is 0 Å². The van der Waals surface area contributed by atoms with Gasteiger partial charge >= 0.3 is 0 Å². The van der Waals surface area contributed by atoms with E-state index >= 15 is 0 Å². The Balaban J connectivity index is 1.40. The largest absolute Gasteiger partial charge is 0.346 e. The van der Waals surface area contributed by atoms with Crippen molar-refractivity contribution >= 4 is 17.5 Å². The van der Waals surface area contributed by atoms with E-state index in [1.165, 1.54) is 17.3 Å². The number of anilines is 1. The van der Waals surface area contributed by atoms with Gasteiger partial charge in [-0.2, -0.15) is 5.10 Å². The molecule has 8 heteroatoms. The first-order valence-electron chi connectivity index (χ1n) is 9.13. The molecule has 0 spiro atoms. The van der Waals surface area contributed by atoms with E-state index in [4.69, 9.17) is 0 Å². The quantitative estimate of drug-likeness (QED) is 0.688. The fourth-order valence-corrected chi connectivity index (χ4v) is 2.82. The standard InChI is InChI=1S/C20H20N6O2/c1-13(14-4-6-17(7-5-14)25-19(27)15-2-3-15)24-20(28)16-8-9-22-18(10-16)26-12-21-11-23-26/h4-13,15H,2-3H2,1H3,(H,24,28)(H,25,27). The van der Waals surface area contributed by atoms with Crippen molar-refractivity contribution in [2.75, 3.05) is 5.32 Å². The van der Waals surface area contributed by atoms with Crippen molar-refractivity contribution < 1.29 is 9.59 Å². The fraction of sp³-hybridized carbons (Fsp3) is 0.250. The van der Waals surface area contributed by atoms with E-state index in [-0.39, 0.29) is 23.8 Å². The number of nitrogens with one attached hydrogen (secondary N) is 2. The van der Waals surface area contributed by atoms with Crippen LogP contribution in [0.1, 0.15) is 41.7 Å². The van der Waals surface area contributed by atoms with Crippen molar-refractivity contribution in [3.8, 4) is 5.82 Å². The smallest absolute Gasteiger partial charge is 0.251 e. The van der Waals surface area contributed by atoms with Gasteiger partial charge in [0, 0.05) is 23.4 Å². The molecule has 1 aromatic carbocycles. The van der Waals surface area contributed by atoms with Gasteiger partial charge in [0.05, 0.1) is 6.04 Å². The molecule has 2 heterocycles. The zero-order valence-corrected chi connectivity index (χ0v) is 15.4. The van der Waals surface area contributed by atoms with Crippen LogP contribution in [0.25, 0.3) is 5.82 Å². The molecule has 0 bridgehead atoms. The number of amides is 2. The molecule has 1 aliphatic rings. The Hall–Kier alpha value is -3.55. The number of rotatable bonds is 6. The molecular formula is C20H20N6O2. The van der Waals surface area contributed by atoms with Gasteiger partial charge < -0.3 is 10.6 Å². The van der Waals surface area contributed by atoms with Crippen molar-refractivity contribution in [2.45, 2.75) is 25.8 Å². The maximum Gasteiger partial charge on any atom is 0.251 e. The summed E-state index contributed by atoms with van der Waals surface area (Å²) in [6.07, 6.45) is 6.44. The van der Waals surface area contributed by atoms with Crippen LogP contribution in [-0.2, 0) is 4.79 Å². The van der Waals surface area contributed by atoms with Gasteiger partial charge in [0.1, 0.15) is 12.7 Å². The summed E-state index contributed by atoms with van der Waals surface area (Å²) >= 11 is 0. The lowest BCUT2D eigenvalue weighted by Crippen LogP contribution is -2.26. The van der Waals surface area contributed by atoms with E-state index in [0.717, 1.165) is 24.1 Å². The van der Waals surface area contributed by atoms with Crippen LogP contribution in [0, 0.1) is 5.92 Å². The summed E-state index contributed by atoms with van der Waals surface area (Å²) in [6, 6.07) is 10.6. The van der Waals surface area contributed by atoms with E-state index in [0.29, 0.717) is 11.4 Å². The molecular weight excluding hydrogens is 356 g/mol. The minimum atomic E-state index is -0.206. The highest BCUT2D eigenvalue weighted by atomic mass is 16.2. The predicted octanol–water partition coefficient (Wildman–Crippen LogP) is 2.50. The number of hydrogen-bond donors (Lipinski definition) is 2. The molecule has 1 fully saturated rings. The summed E-state index contributed by atoms with van der Waals surface area (Å²) < 4.78 is 1.49. The number of nitrogens with zero attached hydrogens (tertiary/aromatic N) is 4. The summed E-state index contributed by atoms with van der Waals surface area (Å²) in [7, 11) is 0. The number of hydrogen-bond acceptors (Lipinski definition) is 5. The van der Waals surface area contributed by atoms with Crippen LogP contribution in [0.3, 0.4) is 0 Å². The molecule has 0 aliphatic heterocycles. The number of aromatic nitrogens is 4. The first kappa shape index (κ1) is 17.8. The van der Waals surface area contributed by atoms with Crippen LogP contribution in [0.4, 0.5) is 5.69 Å². The highest BCUT2D eigenvalue weighted by Crippen LogP contribution is 2.30. The first-order valence-corrected chi connectivity index (χ1v) is 9.13. The molecule has 8 nitrogen and oxygen atoms in total. The Labute approximate surface area is 162 Å². The summed E-state index contributed by atoms with van der Waals surface area (Å²) in [5.41, 5.74) is 2.20. The van der Waals surface area contributed by atoms with Gasteiger partial charge in [-0.3, -0.25) is 9.59 Å². The molecule has 4 rings (SSSR count). The molecule has 0 radical (unpaired) electrons. The Bertz CT molecular complexity index is 980. The molecule has 1 atom stereocenters. The highest BCUT2D eigenvalue weighted by Gasteiger charge is 2.29. The number of pyridine rings is 1. The summed E-state index contributed by atoms with van der Waals surface area (Å²) in [5.74, 6) is 0.562. The van der Waals surface area contributed by atoms with E-state index in [1.54, 1.807) is 18.3 Å². The van der Waals surface area contributed by atoms with Crippen LogP contribution < -0.4 is 10.6 Å². The lowest BCUT2D eigenvalue weighted by atomic mass is 10.1. The molecule has 0 saturated heterocycles. The molecule has 1 unspecified atom stereocenters. The lowest BCUT2D eigenvalue weighted by molar-refractivity contribution is -0.117. The average Bonchev–Trinajstić information content (AvgIpc) is 3.43. The molecule has 3 aromatic rings. The van der Waals surface area contributed by atoms with Gasteiger partial charge in [-0.1, -0.05) is 12.1 Å². The third-order valence-corrected chi connectivity index (χ3v) is 4.64. The maximum absolute atomic E-state index is 12.6. The Morgan fingerprint density at radius 2 is 1.96 bits per heavy atom. The second-order valence-electron chi connectivity index (χ2n) is 6.82. The lowest BCUT2D eigenvalue weighted by Gasteiger charge is -2.15. The minimum Gasteiger partial charge on any atom is -0.346 e. The summed E-state index contributed by atoms with van der Waals surface area (Å²) in [4.78, 5) is 32.5.